The van der Waals surface area contributed by atoms with Gasteiger partial charge in [0.2, 0.25) is 0 Å². The molecule has 0 aliphatic heterocycles. The fourth-order valence-corrected chi connectivity index (χ4v) is 1.39. The quantitative estimate of drug-likeness (QED) is 0.784. The van der Waals surface area contributed by atoms with Crippen LogP contribution in [0.1, 0.15) is 21.5 Å². The second kappa shape index (κ2) is 5.27. The Bertz CT molecular complexity index is 411. The van der Waals surface area contributed by atoms with Gasteiger partial charge in [-0.25, -0.2) is 4.79 Å². The van der Waals surface area contributed by atoms with Gasteiger partial charge in [0.15, 0.2) is 0 Å². The second-order valence-electron chi connectivity index (χ2n) is 3.30. The molecule has 0 unspecified atom stereocenters. The summed E-state index contributed by atoms with van der Waals surface area (Å²) in [5, 5.41) is 17.5. The second-order valence-corrected chi connectivity index (χ2v) is 3.30. The highest BCUT2D eigenvalue weighted by molar-refractivity contribution is 5.89. The van der Waals surface area contributed by atoms with E-state index in [1.807, 2.05) is 0 Å². The van der Waals surface area contributed by atoms with Gasteiger partial charge < -0.3 is 14.9 Å². The summed E-state index contributed by atoms with van der Waals surface area (Å²) in [6, 6.07) is 4.53. The van der Waals surface area contributed by atoms with Crippen LogP contribution in [-0.4, -0.2) is 29.3 Å². The van der Waals surface area contributed by atoms with Crippen LogP contribution >= 0.6 is 0 Å². The van der Waals surface area contributed by atoms with E-state index in [-0.39, 0.29) is 18.6 Å². The van der Waals surface area contributed by atoms with Gasteiger partial charge in [0, 0.05) is 7.11 Å². The van der Waals surface area contributed by atoms with Gasteiger partial charge in [-0.2, -0.15) is 0 Å². The Kier molecular flexibility index (Phi) is 4.02. The molecule has 0 saturated heterocycles. The Labute approximate surface area is 92.3 Å². The zero-order valence-electron chi connectivity index (χ0n) is 8.77. The van der Waals surface area contributed by atoms with Crippen LogP contribution in [0.4, 0.5) is 0 Å². The first-order valence-electron chi connectivity index (χ1n) is 4.60. The minimum atomic E-state index is -1.08. The SMILES string of the molecule is COCc1ccc(CC(=O)O)cc1C(=O)O. The third kappa shape index (κ3) is 3.06. The first-order valence-corrected chi connectivity index (χ1v) is 4.60. The molecule has 0 saturated carbocycles. The number of hydrogen-bond acceptors (Lipinski definition) is 3. The third-order valence-electron chi connectivity index (χ3n) is 2.06. The van der Waals surface area contributed by atoms with Gasteiger partial charge in [-0.15, -0.1) is 0 Å². The predicted octanol–water partition coefficient (Wildman–Crippen LogP) is 1.16. The number of aliphatic carboxylic acids is 1. The molecule has 0 spiro atoms. The molecule has 0 radical (unpaired) electrons. The first-order chi connectivity index (χ1) is 7.54. The molecule has 0 aromatic heterocycles. The lowest BCUT2D eigenvalue weighted by atomic mass is 10.0. The van der Waals surface area contributed by atoms with Crippen LogP contribution in [-0.2, 0) is 22.6 Å². The largest absolute Gasteiger partial charge is 0.481 e. The van der Waals surface area contributed by atoms with Crippen molar-refractivity contribution < 1.29 is 24.5 Å². The monoisotopic (exact) mass is 224 g/mol. The Hall–Kier alpha value is -1.88. The molecule has 0 bridgehead atoms. The fraction of sp³-hybridized carbons (Fsp3) is 0.273. The van der Waals surface area contributed by atoms with Crippen LogP contribution in [0.5, 0.6) is 0 Å². The van der Waals surface area contributed by atoms with E-state index in [2.05, 4.69) is 0 Å². The Morgan fingerprint density at radius 1 is 1.31 bits per heavy atom. The number of carboxylic acids is 2. The zero-order chi connectivity index (χ0) is 12.1. The van der Waals surface area contributed by atoms with Gasteiger partial charge in [0.05, 0.1) is 18.6 Å². The van der Waals surface area contributed by atoms with Crippen LogP contribution < -0.4 is 0 Å². The standard InChI is InChI=1S/C11H12O5/c1-16-6-8-3-2-7(5-10(12)13)4-9(8)11(14)15/h2-4H,5-6H2,1H3,(H,12,13)(H,14,15). The van der Waals surface area contributed by atoms with Crippen molar-refractivity contribution in [3.8, 4) is 0 Å². The first kappa shape index (κ1) is 12.2. The lowest BCUT2D eigenvalue weighted by Gasteiger charge is -2.06. The Morgan fingerprint density at radius 2 is 2.00 bits per heavy atom. The van der Waals surface area contributed by atoms with Crippen molar-refractivity contribution in [1.82, 2.24) is 0 Å². The minimum absolute atomic E-state index is 0.0839. The van der Waals surface area contributed by atoms with Gasteiger partial charge in [-0.05, 0) is 17.2 Å². The maximum atomic E-state index is 10.9. The van der Waals surface area contributed by atoms with Crippen LogP contribution in [0.2, 0.25) is 0 Å². The van der Waals surface area contributed by atoms with E-state index in [0.717, 1.165) is 0 Å². The molecular formula is C11H12O5. The van der Waals surface area contributed by atoms with E-state index in [0.29, 0.717) is 11.1 Å². The zero-order valence-corrected chi connectivity index (χ0v) is 8.77. The van der Waals surface area contributed by atoms with Crippen molar-refractivity contribution in [2.24, 2.45) is 0 Å². The predicted molar refractivity (Wildman–Crippen MR) is 55.5 cm³/mol. The number of carboxylic acid groups (broad SMARTS) is 2. The van der Waals surface area contributed by atoms with Crippen LogP contribution in [0.15, 0.2) is 18.2 Å². The van der Waals surface area contributed by atoms with E-state index in [1.165, 1.54) is 13.2 Å². The average Bonchev–Trinajstić information content (AvgIpc) is 2.19. The van der Waals surface area contributed by atoms with Crippen LogP contribution in [0, 0.1) is 0 Å². The van der Waals surface area contributed by atoms with Crippen molar-refractivity contribution in [3.63, 3.8) is 0 Å². The van der Waals surface area contributed by atoms with E-state index in [1.54, 1.807) is 12.1 Å². The molecule has 0 amide bonds. The molecule has 5 heteroatoms. The van der Waals surface area contributed by atoms with Crippen LogP contribution in [0.3, 0.4) is 0 Å². The van der Waals surface area contributed by atoms with Crippen molar-refractivity contribution in [1.29, 1.82) is 0 Å². The molecule has 16 heavy (non-hydrogen) atoms. The number of aromatic carboxylic acids is 1. The lowest BCUT2D eigenvalue weighted by Crippen LogP contribution is -2.07. The number of benzene rings is 1. The van der Waals surface area contributed by atoms with Crippen LogP contribution in [0.25, 0.3) is 0 Å². The molecule has 2 N–H and O–H groups in total. The minimum Gasteiger partial charge on any atom is -0.481 e. The molecule has 0 aliphatic carbocycles. The summed E-state index contributed by atoms with van der Waals surface area (Å²) in [6.45, 7) is 0.189. The molecule has 0 fully saturated rings. The summed E-state index contributed by atoms with van der Waals surface area (Å²) in [5.74, 6) is -2.07. The summed E-state index contributed by atoms with van der Waals surface area (Å²) in [4.78, 5) is 21.4. The molecule has 1 rings (SSSR count). The van der Waals surface area contributed by atoms with Gasteiger partial charge in [-0.1, -0.05) is 12.1 Å². The smallest absolute Gasteiger partial charge is 0.336 e. The highest BCUT2D eigenvalue weighted by Crippen LogP contribution is 2.14. The summed E-state index contributed by atoms with van der Waals surface area (Å²) < 4.78 is 4.86. The van der Waals surface area contributed by atoms with E-state index >= 15 is 0 Å². The molecular weight excluding hydrogens is 212 g/mol. The Balaban J connectivity index is 3.06. The summed E-state index contributed by atoms with van der Waals surface area (Å²) >= 11 is 0. The maximum absolute atomic E-state index is 10.9. The number of ether oxygens (including phenoxy) is 1. The molecule has 1 aromatic carbocycles. The van der Waals surface area contributed by atoms with Gasteiger partial charge in [0.25, 0.3) is 0 Å². The average molecular weight is 224 g/mol. The number of methoxy groups -OCH3 is 1. The number of carbonyl (C=O) groups is 2. The topological polar surface area (TPSA) is 83.8 Å². The normalized spacial score (nSPS) is 10.1. The van der Waals surface area contributed by atoms with Gasteiger partial charge >= 0.3 is 11.9 Å². The van der Waals surface area contributed by atoms with Crippen molar-refractivity contribution in [3.05, 3.63) is 34.9 Å². The molecule has 0 atom stereocenters. The van der Waals surface area contributed by atoms with Crippen molar-refractivity contribution in [2.75, 3.05) is 7.11 Å². The van der Waals surface area contributed by atoms with Crippen molar-refractivity contribution >= 4 is 11.9 Å². The summed E-state index contributed by atoms with van der Waals surface area (Å²) in [7, 11) is 1.47. The third-order valence-corrected chi connectivity index (χ3v) is 2.06. The number of hydrogen-bond donors (Lipinski definition) is 2. The van der Waals surface area contributed by atoms with Gasteiger partial charge in [0.1, 0.15) is 0 Å². The number of rotatable bonds is 5. The maximum Gasteiger partial charge on any atom is 0.336 e. The van der Waals surface area contributed by atoms with E-state index in [4.69, 9.17) is 14.9 Å². The highest BCUT2D eigenvalue weighted by atomic mass is 16.5. The molecule has 0 heterocycles. The van der Waals surface area contributed by atoms with E-state index < -0.39 is 11.9 Å². The molecule has 86 valence electrons. The molecule has 5 nitrogen and oxygen atoms in total. The van der Waals surface area contributed by atoms with Crippen molar-refractivity contribution in [2.45, 2.75) is 13.0 Å². The lowest BCUT2D eigenvalue weighted by molar-refractivity contribution is -0.136. The highest BCUT2D eigenvalue weighted by Gasteiger charge is 2.11. The summed E-state index contributed by atoms with van der Waals surface area (Å²) in [5.41, 5.74) is 1.08. The fourth-order valence-electron chi connectivity index (χ4n) is 1.39. The Morgan fingerprint density at radius 3 is 2.50 bits per heavy atom. The molecule has 1 aromatic rings. The molecule has 0 aliphatic rings. The summed E-state index contributed by atoms with van der Waals surface area (Å²) in [6.07, 6.45) is -0.187. The van der Waals surface area contributed by atoms with E-state index in [9.17, 15) is 9.59 Å². The van der Waals surface area contributed by atoms with Gasteiger partial charge in [-0.3, -0.25) is 4.79 Å².